The summed E-state index contributed by atoms with van der Waals surface area (Å²) in [5.41, 5.74) is 8.22. The quantitative estimate of drug-likeness (QED) is 0.352. The zero-order valence-corrected chi connectivity index (χ0v) is 17.0. The smallest absolute Gasteiger partial charge is 0.301 e. The molecule has 0 aliphatic rings. The summed E-state index contributed by atoms with van der Waals surface area (Å²) in [6, 6.07) is 11.5. The molecule has 0 saturated heterocycles. The molecule has 0 unspecified atom stereocenters. The highest BCUT2D eigenvalue weighted by molar-refractivity contribution is 5.83. The van der Waals surface area contributed by atoms with E-state index < -0.39 is 15.5 Å². The Balaban J connectivity index is 1.92. The van der Waals surface area contributed by atoms with E-state index >= 15 is 0 Å². The van der Waals surface area contributed by atoms with Crippen molar-refractivity contribution < 1.29 is 9.85 Å². The van der Waals surface area contributed by atoms with Crippen molar-refractivity contribution in [3.05, 3.63) is 90.8 Å². The molecule has 9 heteroatoms. The molecular formula is C21H21N5O4. The summed E-state index contributed by atoms with van der Waals surface area (Å²) >= 11 is 0. The van der Waals surface area contributed by atoms with Crippen molar-refractivity contribution in [3.8, 4) is 5.69 Å². The number of benzene rings is 2. The molecule has 2 aromatic carbocycles. The lowest BCUT2D eigenvalue weighted by Crippen LogP contribution is -2.04. The predicted molar refractivity (Wildman–Crippen MR) is 116 cm³/mol. The van der Waals surface area contributed by atoms with E-state index in [2.05, 4.69) is 41.1 Å². The summed E-state index contributed by atoms with van der Waals surface area (Å²) < 4.78 is 2.15. The summed E-state index contributed by atoms with van der Waals surface area (Å²) in [4.78, 5) is 20.7. The van der Waals surface area contributed by atoms with E-state index in [1.807, 2.05) is 26.0 Å². The van der Waals surface area contributed by atoms with Crippen molar-refractivity contribution in [2.24, 2.45) is 5.10 Å². The molecule has 0 atom stereocenters. The van der Waals surface area contributed by atoms with Crippen LogP contribution in [0.3, 0.4) is 0 Å². The number of para-hydroxylation sites is 1. The standard InChI is InChI=1S/C21H21N5O4/c1-13-6-5-7-14(2)21(13)24-15(3)10-17(16(24)4)12-22-23-19-9-8-18(25(27)28)11-20(19)26(29)30/h5-12,23H,1-4H3/b22-12+. The molecule has 0 fully saturated rings. The molecule has 1 N–H and O–H groups in total. The van der Waals surface area contributed by atoms with Gasteiger partial charge in [0.15, 0.2) is 0 Å². The molecule has 0 spiro atoms. The van der Waals surface area contributed by atoms with Crippen molar-refractivity contribution in [1.29, 1.82) is 0 Å². The molecule has 3 rings (SSSR count). The molecule has 30 heavy (non-hydrogen) atoms. The monoisotopic (exact) mass is 407 g/mol. The van der Waals surface area contributed by atoms with Gasteiger partial charge in [0.2, 0.25) is 0 Å². The number of aryl methyl sites for hydroxylation is 3. The maximum atomic E-state index is 11.2. The Morgan fingerprint density at radius 1 is 0.967 bits per heavy atom. The van der Waals surface area contributed by atoms with Crippen LogP contribution in [0.2, 0.25) is 0 Å². The van der Waals surface area contributed by atoms with E-state index in [1.54, 1.807) is 6.21 Å². The van der Waals surface area contributed by atoms with Crippen LogP contribution in [0.1, 0.15) is 28.1 Å². The number of aromatic nitrogens is 1. The third kappa shape index (κ3) is 3.90. The van der Waals surface area contributed by atoms with E-state index in [-0.39, 0.29) is 11.4 Å². The van der Waals surface area contributed by atoms with Gasteiger partial charge in [0.1, 0.15) is 5.69 Å². The maximum Gasteiger partial charge on any atom is 0.301 e. The van der Waals surface area contributed by atoms with Crippen molar-refractivity contribution >= 4 is 23.3 Å². The second-order valence-electron chi connectivity index (χ2n) is 6.99. The molecule has 0 aliphatic carbocycles. The molecule has 154 valence electrons. The number of hydrogen-bond acceptors (Lipinski definition) is 6. The van der Waals surface area contributed by atoms with E-state index in [0.717, 1.165) is 39.8 Å². The number of non-ortho nitro benzene ring substituents is 1. The number of hydrogen-bond donors (Lipinski definition) is 1. The molecule has 0 aliphatic heterocycles. The SMILES string of the molecule is Cc1cccc(C)c1-n1c(C)cc(/C=N/Nc2ccc([N+](=O)[O-])cc2[N+](=O)[O-])c1C. The minimum Gasteiger partial charge on any atom is -0.317 e. The topological polar surface area (TPSA) is 116 Å². The fourth-order valence-electron chi connectivity index (χ4n) is 3.47. The van der Waals surface area contributed by atoms with Crippen LogP contribution in [0.25, 0.3) is 5.69 Å². The first kappa shape index (κ1) is 20.7. The molecule has 1 heterocycles. The van der Waals surface area contributed by atoms with Gasteiger partial charge in [0, 0.05) is 23.0 Å². The van der Waals surface area contributed by atoms with Gasteiger partial charge in [-0.3, -0.25) is 25.7 Å². The Kier molecular flexibility index (Phi) is 5.63. The van der Waals surface area contributed by atoms with Gasteiger partial charge in [0.05, 0.1) is 27.8 Å². The Morgan fingerprint density at radius 3 is 2.23 bits per heavy atom. The molecule has 1 aromatic heterocycles. The number of nitrogens with zero attached hydrogens (tertiary/aromatic N) is 4. The van der Waals surface area contributed by atoms with Gasteiger partial charge in [-0.1, -0.05) is 18.2 Å². The van der Waals surface area contributed by atoms with Crippen molar-refractivity contribution in [2.45, 2.75) is 27.7 Å². The van der Waals surface area contributed by atoms with E-state index in [0.29, 0.717) is 0 Å². The van der Waals surface area contributed by atoms with Crippen LogP contribution in [-0.4, -0.2) is 20.6 Å². The largest absolute Gasteiger partial charge is 0.317 e. The summed E-state index contributed by atoms with van der Waals surface area (Å²) in [6.07, 6.45) is 1.58. The zero-order valence-electron chi connectivity index (χ0n) is 17.0. The number of nitrogens with one attached hydrogen (secondary N) is 1. The molecule has 0 radical (unpaired) electrons. The molecule has 0 amide bonds. The normalized spacial score (nSPS) is 11.1. The van der Waals surface area contributed by atoms with Crippen molar-refractivity contribution in [3.63, 3.8) is 0 Å². The number of rotatable bonds is 6. The van der Waals surface area contributed by atoms with Crippen molar-refractivity contribution in [2.75, 3.05) is 5.43 Å². The molecular weight excluding hydrogens is 386 g/mol. The van der Waals surface area contributed by atoms with Crippen LogP contribution in [-0.2, 0) is 0 Å². The average molecular weight is 407 g/mol. The number of hydrazone groups is 1. The van der Waals surface area contributed by atoms with Gasteiger partial charge in [0.25, 0.3) is 5.69 Å². The summed E-state index contributed by atoms with van der Waals surface area (Å²) in [7, 11) is 0. The number of nitro groups is 2. The number of nitro benzene ring substituents is 2. The Morgan fingerprint density at radius 2 is 1.63 bits per heavy atom. The van der Waals surface area contributed by atoms with Crippen LogP contribution in [0.5, 0.6) is 0 Å². The molecule has 9 nitrogen and oxygen atoms in total. The lowest BCUT2D eigenvalue weighted by Gasteiger charge is -2.15. The van der Waals surface area contributed by atoms with E-state index in [9.17, 15) is 20.2 Å². The number of anilines is 1. The average Bonchev–Trinajstić information content (AvgIpc) is 2.95. The van der Waals surface area contributed by atoms with Crippen LogP contribution in [0.15, 0.2) is 47.6 Å². The van der Waals surface area contributed by atoms with Crippen LogP contribution >= 0.6 is 0 Å². The third-order valence-corrected chi connectivity index (χ3v) is 4.91. The highest BCUT2D eigenvalue weighted by atomic mass is 16.6. The van der Waals surface area contributed by atoms with Gasteiger partial charge in [-0.05, 0) is 51.0 Å². The zero-order chi connectivity index (χ0) is 22.0. The van der Waals surface area contributed by atoms with Gasteiger partial charge < -0.3 is 4.57 Å². The fourth-order valence-corrected chi connectivity index (χ4v) is 3.47. The highest BCUT2D eigenvalue weighted by Crippen LogP contribution is 2.29. The Hall–Kier alpha value is -4.01. The minimum atomic E-state index is -0.683. The summed E-state index contributed by atoms with van der Waals surface area (Å²) in [5, 5.41) is 26.2. The van der Waals surface area contributed by atoms with Gasteiger partial charge in [-0.25, -0.2) is 0 Å². The van der Waals surface area contributed by atoms with Gasteiger partial charge >= 0.3 is 5.69 Å². The van der Waals surface area contributed by atoms with Gasteiger partial charge in [-0.15, -0.1) is 0 Å². The first-order valence-electron chi connectivity index (χ1n) is 9.18. The Bertz CT molecular complexity index is 1160. The second kappa shape index (κ2) is 8.16. The highest BCUT2D eigenvalue weighted by Gasteiger charge is 2.19. The maximum absolute atomic E-state index is 11.2. The van der Waals surface area contributed by atoms with Crippen molar-refractivity contribution in [1.82, 2.24) is 4.57 Å². The molecule has 0 bridgehead atoms. The van der Waals surface area contributed by atoms with Crippen LogP contribution in [0, 0.1) is 47.9 Å². The van der Waals surface area contributed by atoms with E-state index in [4.69, 9.17) is 0 Å². The fraction of sp³-hybridized carbons (Fsp3) is 0.190. The Labute approximate surface area is 173 Å². The molecule has 0 saturated carbocycles. The van der Waals surface area contributed by atoms with Crippen LogP contribution in [0.4, 0.5) is 17.1 Å². The van der Waals surface area contributed by atoms with Crippen LogP contribution < -0.4 is 5.43 Å². The second-order valence-corrected chi connectivity index (χ2v) is 6.99. The lowest BCUT2D eigenvalue weighted by atomic mass is 10.1. The van der Waals surface area contributed by atoms with Gasteiger partial charge in [-0.2, -0.15) is 5.10 Å². The molecule has 3 aromatic rings. The van der Waals surface area contributed by atoms with E-state index in [1.165, 1.54) is 12.1 Å². The minimum absolute atomic E-state index is 0.0744. The summed E-state index contributed by atoms with van der Waals surface area (Å²) in [6.45, 7) is 8.11. The first-order chi connectivity index (χ1) is 14.2. The lowest BCUT2D eigenvalue weighted by molar-refractivity contribution is -0.393. The third-order valence-electron chi connectivity index (χ3n) is 4.91. The predicted octanol–water partition coefficient (Wildman–Crippen LogP) is 4.97. The summed E-state index contributed by atoms with van der Waals surface area (Å²) in [5.74, 6) is 0. The first-order valence-corrected chi connectivity index (χ1v) is 9.18.